The topological polar surface area (TPSA) is 88.2 Å². The fraction of sp³-hybridized carbons (Fsp3) is 0. The van der Waals surface area contributed by atoms with Crippen molar-refractivity contribution in [3.63, 3.8) is 0 Å². The highest BCUT2D eigenvalue weighted by molar-refractivity contribution is 5.83. The molecule has 1 heterocycles. The summed E-state index contributed by atoms with van der Waals surface area (Å²) in [5.41, 5.74) is 1.12. The molecule has 0 fully saturated rings. The molecule has 76 valence electrons. The van der Waals surface area contributed by atoms with Gasteiger partial charge in [-0.2, -0.15) is 4.98 Å². The number of rotatable bonds is 2. The van der Waals surface area contributed by atoms with Crippen LogP contribution in [0.25, 0.3) is 11.5 Å². The molecule has 0 saturated heterocycles. The monoisotopic (exact) mass is 205 g/mol. The van der Waals surface area contributed by atoms with Crippen molar-refractivity contribution in [1.82, 2.24) is 10.1 Å². The van der Waals surface area contributed by atoms with E-state index < -0.39 is 6.09 Å². The number of amides is 1. The van der Waals surface area contributed by atoms with Gasteiger partial charge in [0.15, 0.2) is 6.33 Å². The van der Waals surface area contributed by atoms with Crippen molar-refractivity contribution in [2.75, 3.05) is 5.32 Å². The van der Waals surface area contributed by atoms with Crippen LogP contribution < -0.4 is 5.32 Å². The highest BCUT2D eigenvalue weighted by Crippen LogP contribution is 2.19. The van der Waals surface area contributed by atoms with Crippen LogP contribution in [0.2, 0.25) is 0 Å². The molecule has 0 spiro atoms. The number of aromatic nitrogens is 2. The smallest absolute Gasteiger partial charge is 0.409 e. The summed E-state index contributed by atoms with van der Waals surface area (Å²) < 4.78 is 4.84. The molecule has 1 aromatic heterocycles. The zero-order valence-corrected chi connectivity index (χ0v) is 7.54. The van der Waals surface area contributed by atoms with Crippen molar-refractivity contribution in [3.8, 4) is 11.5 Å². The first kappa shape index (κ1) is 9.20. The highest BCUT2D eigenvalue weighted by Gasteiger charge is 2.05. The maximum atomic E-state index is 10.4. The third-order valence-electron chi connectivity index (χ3n) is 1.72. The average molecular weight is 205 g/mol. The predicted octanol–water partition coefficient (Wildman–Crippen LogP) is 1.83. The van der Waals surface area contributed by atoms with E-state index in [1.54, 1.807) is 24.3 Å². The lowest BCUT2D eigenvalue weighted by atomic mass is 10.2. The molecule has 0 aliphatic rings. The van der Waals surface area contributed by atoms with Crippen LogP contribution in [0, 0.1) is 0 Å². The summed E-state index contributed by atoms with van der Waals surface area (Å²) >= 11 is 0. The molecule has 15 heavy (non-hydrogen) atoms. The lowest BCUT2D eigenvalue weighted by Gasteiger charge is -2.01. The van der Waals surface area contributed by atoms with Crippen LogP contribution in [0.15, 0.2) is 35.1 Å². The van der Waals surface area contributed by atoms with Gasteiger partial charge in [-0.15, -0.1) is 0 Å². The SMILES string of the molecule is O=C(O)Nc1cccc(-c2ncno2)c1. The first-order valence-electron chi connectivity index (χ1n) is 4.13. The Morgan fingerprint density at radius 1 is 1.47 bits per heavy atom. The zero-order valence-electron chi connectivity index (χ0n) is 7.54. The number of nitrogens with zero attached hydrogens (tertiary/aromatic N) is 2. The Labute approximate surface area is 84.5 Å². The predicted molar refractivity (Wildman–Crippen MR) is 51.4 cm³/mol. The van der Waals surface area contributed by atoms with Crippen LogP contribution in [0.5, 0.6) is 0 Å². The summed E-state index contributed by atoms with van der Waals surface area (Å²) in [6.45, 7) is 0. The second kappa shape index (κ2) is 3.79. The zero-order chi connectivity index (χ0) is 10.7. The number of hydrogen-bond acceptors (Lipinski definition) is 4. The van der Waals surface area contributed by atoms with Gasteiger partial charge >= 0.3 is 6.09 Å². The fourth-order valence-electron chi connectivity index (χ4n) is 1.15. The Bertz CT molecular complexity index is 467. The van der Waals surface area contributed by atoms with Gasteiger partial charge in [-0.25, -0.2) is 4.79 Å². The van der Waals surface area contributed by atoms with E-state index in [0.29, 0.717) is 17.1 Å². The van der Waals surface area contributed by atoms with Crippen LogP contribution in [-0.4, -0.2) is 21.3 Å². The molecule has 6 nitrogen and oxygen atoms in total. The number of anilines is 1. The molecule has 6 heteroatoms. The van der Waals surface area contributed by atoms with Crippen LogP contribution in [0.4, 0.5) is 10.5 Å². The number of carboxylic acid groups (broad SMARTS) is 1. The van der Waals surface area contributed by atoms with Crippen LogP contribution in [0.1, 0.15) is 0 Å². The van der Waals surface area contributed by atoms with Crippen molar-refractivity contribution in [2.45, 2.75) is 0 Å². The molecule has 0 saturated carbocycles. The molecule has 0 unspecified atom stereocenters. The summed E-state index contributed by atoms with van der Waals surface area (Å²) in [7, 11) is 0. The second-order valence-electron chi connectivity index (χ2n) is 2.76. The third kappa shape index (κ3) is 2.11. The molecular weight excluding hydrogens is 198 g/mol. The molecule has 0 aliphatic heterocycles. The first-order chi connectivity index (χ1) is 7.25. The molecular formula is C9H7N3O3. The van der Waals surface area contributed by atoms with Crippen molar-refractivity contribution < 1.29 is 14.4 Å². The minimum Gasteiger partial charge on any atom is -0.465 e. The minimum absolute atomic E-state index is 0.351. The molecule has 2 N–H and O–H groups in total. The van der Waals surface area contributed by atoms with E-state index >= 15 is 0 Å². The highest BCUT2D eigenvalue weighted by atomic mass is 16.5. The standard InChI is InChI=1S/C9H7N3O3/c13-9(14)12-7-3-1-2-6(4-7)8-10-5-11-15-8/h1-5,12H,(H,13,14). The van der Waals surface area contributed by atoms with Crippen LogP contribution in [0.3, 0.4) is 0 Å². The van der Waals surface area contributed by atoms with Crippen molar-refractivity contribution in [1.29, 1.82) is 0 Å². The van der Waals surface area contributed by atoms with Gasteiger partial charge in [-0.05, 0) is 18.2 Å². The molecule has 2 aromatic rings. The molecule has 1 amide bonds. The van der Waals surface area contributed by atoms with Gasteiger partial charge in [0.05, 0.1) is 0 Å². The minimum atomic E-state index is -1.11. The van der Waals surface area contributed by atoms with Crippen molar-refractivity contribution >= 4 is 11.8 Å². The van der Waals surface area contributed by atoms with Crippen molar-refractivity contribution in [3.05, 3.63) is 30.6 Å². The summed E-state index contributed by atoms with van der Waals surface area (Å²) in [5.74, 6) is 0.351. The lowest BCUT2D eigenvalue weighted by molar-refractivity contribution is 0.210. The molecule has 0 bridgehead atoms. The Hall–Kier alpha value is -2.37. The summed E-state index contributed by atoms with van der Waals surface area (Å²) in [6.07, 6.45) is 0.171. The van der Waals surface area contributed by atoms with Gasteiger partial charge in [0.2, 0.25) is 0 Å². The van der Waals surface area contributed by atoms with Gasteiger partial charge in [0, 0.05) is 11.3 Å². The van der Waals surface area contributed by atoms with Crippen molar-refractivity contribution in [2.24, 2.45) is 0 Å². The van der Waals surface area contributed by atoms with E-state index in [4.69, 9.17) is 9.63 Å². The van der Waals surface area contributed by atoms with E-state index in [1.807, 2.05) is 0 Å². The maximum absolute atomic E-state index is 10.4. The van der Waals surface area contributed by atoms with Gasteiger partial charge in [-0.3, -0.25) is 5.32 Å². The summed E-state index contributed by atoms with van der Waals surface area (Å²) in [5, 5.41) is 14.2. The summed E-state index contributed by atoms with van der Waals surface area (Å²) in [6, 6.07) is 6.70. The van der Waals surface area contributed by atoms with Crippen LogP contribution in [-0.2, 0) is 0 Å². The molecule has 0 aliphatic carbocycles. The van der Waals surface area contributed by atoms with Crippen LogP contribution >= 0.6 is 0 Å². The second-order valence-corrected chi connectivity index (χ2v) is 2.76. The molecule has 0 atom stereocenters. The molecule has 2 rings (SSSR count). The Morgan fingerprint density at radius 2 is 2.33 bits per heavy atom. The quantitative estimate of drug-likeness (QED) is 0.780. The first-order valence-corrected chi connectivity index (χ1v) is 4.13. The van der Waals surface area contributed by atoms with Gasteiger partial charge in [0.1, 0.15) is 0 Å². The van der Waals surface area contributed by atoms with Gasteiger partial charge in [-0.1, -0.05) is 11.2 Å². The van der Waals surface area contributed by atoms with E-state index in [2.05, 4.69) is 15.5 Å². The Kier molecular flexibility index (Phi) is 2.32. The maximum Gasteiger partial charge on any atom is 0.409 e. The van der Waals surface area contributed by atoms with E-state index in [-0.39, 0.29) is 0 Å². The number of carbonyl (C=O) groups is 1. The van der Waals surface area contributed by atoms with E-state index in [9.17, 15) is 4.79 Å². The Balaban J connectivity index is 2.31. The van der Waals surface area contributed by atoms with Gasteiger partial charge in [0.25, 0.3) is 5.89 Å². The average Bonchev–Trinajstić information content (AvgIpc) is 2.69. The number of hydrogen-bond donors (Lipinski definition) is 2. The fourth-order valence-corrected chi connectivity index (χ4v) is 1.15. The lowest BCUT2D eigenvalue weighted by Crippen LogP contribution is -2.06. The number of nitrogens with one attached hydrogen (secondary N) is 1. The Morgan fingerprint density at radius 3 is 3.00 bits per heavy atom. The largest absolute Gasteiger partial charge is 0.465 e. The normalized spacial score (nSPS) is 9.87. The number of benzene rings is 1. The van der Waals surface area contributed by atoms with E-state index in [1.165, 1.54) is 6.33 Å². The van der Waals surface area contributed by atoms with E-state index in [0.717, 1.165) is 0 Å². The molecule has 1 aromatic carbocycles. The molecule has 0 radical (unpaired) electrons. The summed E-state index contributed by atoms with van der Waals surface area (Å²) in [4.78, 5) is 14.3. The third-order valence-corrected chi connectivity index (χ3v) is 1.72. The van der Waals surface area contributed by atoms with Gasteiger partial charge < -0.3 is 9.63 Å².